The average Bonchev–Trinajstić information content (AvgIpc) is 3.24. The number of rotatable bonds is 3. The van der Waals surface area contributed by atoms with Crippen LogP contribution in [-0.4, -0.2) is 48.3 Å². The number of aromatic nitrogens is 1. The van der Waals surface area contributed by atoms with Gasteiger partial charge in [0.1, 0.15) is 0 Å². The van der Waals surface area contributed by atoms with Gasteiger partial charge in [-0.25, -0.2) is 4.98 Å². The van der Waals surface area contributed by atoms with E-state index in [4.69, 9.17) is 4.74 Å². The Kier molecular flexibility index (Phi) is 4.38. The fraction of sp³-hybridized carbons (Fsp3) is 0.824. The van der Waals surface area contributed by atoms with Crippen LogP contribution in [0.25, 0.3) is 0 Å². The summed E-state index contributed by atoms with van der Waals surface area (Å²) in [5.41, 5.74) is 0.225. The number of hydrogen-bond donors (Lipinski definition) is 0. The second-order valence-electron chi connectivity index (χ2n) is 7.07. The zero-order valence-electron chi connectivity index (χ0n) is 13.4. The highest BCUT2D eigenvalue weighted by atomic mass is 32.1. The van der Waals surface area contributed by atoms with Gasteiger partial charge in [0.2, 0.25) is 0 Å². The highest BCUT2D eigenvalue weighted by Crippen LogP contribution is 2.36. The van der Waals surface area contributed by atoms with Crippen LogP contribution in [0.1, 0.15) is 49.8 Å². The highest BCUT2D eigenvalue weighted by Gasteiger charge is 2.36. The Morgan fingerprint density at radius 2 is 1.91 bits per heavy atom. The zero-order valence-corrected chi connectivity index (χ0v) is 14.2. The van der Waals surface area contributed by atoms with E-state index in [0.717, 1.165) is 13.2 Å². The molecule has 122 valence electrons. The highest BCUT2D eigenvalue weighted by molar-refractivity contribution is 7.15. The van der Waals surface area contributed by atoms with Crippen molar-refractivity contribution in [3.8, 4) is 0 Å². The summed E-state index contributed by atoms with van der Waals surface area (Å²) in [7, 11) is 0. The Labute approximate surface area is 137 Å². The second kappa shape index (κ2) is 6.46. The fourth-order valence-electron chi connectivity index (χ4n) is 4.18. The third-order valence-corrected chi connectivity index (χ3v) is 6.52. The lowest BCUT2D eigenvalue weighted by Gasteiger charge is -2.26. The molecule has 3 saturated heterocycles. The van der Waals surface area contributed by atoms with E-state index in [1.54, 1.807) is 0 Å². The molecule has 22 heavy (non-hydrogen) atoms. The van der Waals surface area contributed by atoms with Crippen molar-refractivity contribution in [1.82, 2.24) is 9.88 Å². The molecule has 4 heterocycles. The first-order valence-corrected chi connectivity index (χ1v) is 9.71. The van der Waals surface area contributed by atoms with Gasteiger partial charge >= 0.3 is 0 Å². The molecule has 1 aromatic rings. The van der Waals surface area contributed by atoms with Gasteiger partial charge in [-0.3, -0.25) is 4.90 Å². The van der Waals surface area contributed by atoms with Crippen molar-refractivity contribution in [3.63, 3.8) is 0 Å². The summed E-state index contributed by atoms with van der Waals surface area (Å²) in [6.07, 6.45) is 11.0. The molecule has 0 amide bonds. The van der Waals surface area contributed by atoms with Gasteiger partial charge in [0, 0.05) is 43.9 Å². The third kappa shape index (κ3) is 3.17. The molecule has 1 atom stereocenters. The summed E-state index contributed by atoms with van der Waals surface area (Å²) in [4.78, 5) is 11.1. The summed E-state index contributed by atoms with van der Waals surface area (Å²) < 4.78 is 6.09. The van der Waals surface area contributed by atoms with Crippen LogP contribution in [0.3, 0.4) is 0 Å². The molecule has 0 aliphatic carbocycles. The number of hydrogen-bond acceptors (Lipinski definition) is 5. The molecule has 1 spiro atoms. The Bertz CT molecular complexity index is 492. The first-order chi connectivity index (χ1) is 10.8. The number of anilines is 1. The van der Waals surface area contributed by atoms with Gasteiger partial charge in [-0.1, -0.05) is 0 Å². The first-order valence-electron chi connectivity index (χ1n) is 8.89. The molecule has 3 aliphatic heterocycles. The van der Waals surface area contributed by atoms with Crippen molar-refractivity contribution >= 4 is 16.5 Å². The zero-order chi connectivity index (χ0) is 14.8. The van der Waals surface area contributed by atoms with Gasteiger partial charge in [-0.2, -0.15) is 0 Å². The molecular formula is C17H27N3OS. The van der Waals surface area contributed by atoms with Crippen molar-refractivity contribution < 1.29 is 4.74 Å². The number of nitrogens with zero attached hydrogens (tertiary/aromatic N) is 3. The molecule has 3 fully saturated rings. The van der Waals surface area contributed by atoms with Crippen molar-refractivity contribution in [3.05, 3.63) is 11.1 Å². The van der Waals surface area contributed by atoms with Crippen LogP contribution < -0.4 is 4.90 Å². The fourth-order valence-corrected chi connectivity index (χ4v) is 5.18. The molecule has 0 bridgehead atoms. The van der Waals surface area contributed by atoms with Crippen LogP contribution >= 0.6 is 11.3 Å². The van der Waals surface area contributed by atoms with Crippen molar-refractivity contribution in [2.24, 2.45) is 0 Å². The normalized spacial score (nSPS) is 30.3. The first kappa shape index (κ1) is 14.9. The quantitative estimate of drug-likeness (QED) is 0.854. The lowest BCUT2D eigenvalue weighted by molar-refractivity contribution is -0.00736. The number of thiazole rings is 1. The van der Waals surface area contributed by atoms with Gasteiger partial charge < -0.3 is 9.64 Å². The van der Waals surface area contributed by atoms with Gasteiger partial charge in [0.25, 0.3) is 0 Å². The summed E-state index contributed by atoms with van der Waals surface area (Å²) >= 11 is 1.90. The van der Waals surface area contributed by atoms with Crippen LogP contribution in [-0.2, 0) is 11.3 Å². The van der Waals surface area contributed by atoms with E-state index < -0.39 is 0 Å². The predicted octanol–water partition coefficient (Wildman–Crippen LogP) is 3.28. The van der Waals surface area contributed by atoms with Crippen molar-refractivity contribution in [1.29, 1.82) is 0 Å². The van der Waals surface area contributed by atoms with Gasteiger partial charge in [-0.15, -0.1) is 11.3 Å². The minimum Gasteiger partial charge on any atom is -0.375 e. The summed E-state index contributed by atoms with van der Waals surface area (Å²) in [6, 6.07) is 0. The largest absolute Gasteiger partial charge is 0.375 e. The maximum atomic E-state index is 6.09. The lowest BCUT2D eigenvalue weighted by Crippen LogP contribution is -2.30. The smallest absolute Gasteiger partial charge is 0.185 e. The maximum absolute atomic E-state index is 6.09. The van der Waals surface area contributed by atoms with Gasteiger partial charge in [0.15, 0.2) is 5.13 Å². The molecule has 5 heteroatoms. The standard InChI is InChI=1S/C17H27N3OS/c1-2-10-20(9-1)16-18-13-15(22-16)14-19-8-3-5-17(7-11-19)6-4-12-21-17/h13H,1-12,14H2/t17-/m0/s1. The Morgan fingerprint density at radius 1 is 1.05 bits per heavy atom. The van der Waals surface area contributed by atoms with Crippen LogP contribution in [0.15, 0.2) is 6.20 Å². The van der Waals surface area contributed by atoms with E-state index in [2.05, 4.69) is 21.0 Å². The van der Waals surface area contributed by atoms with E-state index in [1.807, 2.05) is 11.3 Å². The summed E-state index contributed by atoms with van der Waals surface area (Å²) in [5.74, 6) is 0. The Morgan fingerprint density at radius 3 is 2.73 bits per heavy atom. The Balaban J connectivity index is 1.35. The molecule has 4 nitrogen and oxygen atoms in total. The SMILES string of the molecule is c1nc(N2CCCC2)sc1CN1CCC[C@]2(CCCO2)CC1. The van der Waals surface area contributed by atoms with Crippen LogP contribution in [0, 0.1) is 0 Å². The topological polar surface area (TPSA) is 28.6 Å². The van der Waals surface area contributed by atoms with E-state index >= 15 is 0 Å². The molecule has 0 radical (unpaired) electrons. The molecule has 0 saturated carbocycles. The molecule has 0 aromatic carbocycles. The van der Waals surface area contributed by atoms with Crippen molar-refractivity contribution in [2.75, 3.05) is 37.7 Å². The minimum atomic E-state index is 0.225. The van der Waals surface area contributed by atoms with Gasteiger partial charge in [-0.05, 0) is 51.5 Å². The molecular weight excluding hydrogens is 294 g/mol. The van der Waals surface area contributed by atoms with Crippen LogP contribution in [0.4, 0.5) is 5.13 Å². The molecule has 1 aromatic heterocycles. The Hall–Kier alpha value is -0.650. The van der Waals surface area contributed by atoms with Crippen molar-refractivity contribution in [2.45, 2.75) is 57.1 Å². The molecule has 3 aliphatic rings. The minimum absolute atomic E-state index is 0.225. The summed E-state index contributed by atoms with van der Waals surface area (Å²) in [5, 5.41) is 1.23. The molecule has 0 N–H and O–H groups in total. The van der Waals surface area contributed by atoms with E-state index in [-0.39, 0.29) is 5.60 Å². The summed E-state index contributed by atoms with van der Waals surface area (Å²) in [6.45, 7) is 6.82. The van der Waals surface area contributed by atoms with Gasteiger partial charge in [0.05, 0.1) is 5.60 Å². The van der Waals surface area contributed by atoms with Crippen LogP contribution in [0.2, 0.25) is 0 Å². The molecule has 0 unspecified atom stereocenters. The average molecular weight is 321 g/mol. The lowest BCUT2D eigenvalue weighted by atomic mass is 9.92. The molecule has 4 rings (SSSR count). The maximum Gasteiger partial charge on any atom is 0.185 e. The monoisotopic (exact) mass is 321 g/mol. The van der Waals surface area contributed by atoms with E-state index in [9.17, 15) is 0 Å². The van der Waals surface area contributed by atoms with E-state index in [0.29, 0.717) is 0 Å². The number of likely N-dealkylation sites (tertiary alicyclic amines) is 1. The predicted molar refractivity (Wildman–Crippen MR) is 90.6 cm³/mol. The van der Waals surface area contributed by atoms with E-state index in [1.165, 1.54) is 81.1 Å². The second-order valence-corrected chi connectivity index (χ2v) is 8.16. The van der Waals surface area contributed by atoms with Crippen LogP contribution in [0.5, 0.6) is 0 Å². The number of ether oxygens (including phenoxy) is 1. The third-order valence-electron chi connectivity index (χ3n) is 5.47.